The van der Waals surface area contributed by atoms with Crippen LogP contribution in [0.15, 0.2) is 72.9 Å². The molecular weight excluding hydrogens is 400 g/mol. The Morgan fingerprint density at radius 1 is 1.00 bits per heavy atom. The SMILES string of the molecule is O=C(NCc1ccnc(OCc2ccccc2)c1)c1ccc(C2SCCS2)cc1. The van der Waals surface area contributed by atoms with Gasteiger partial charge < -0.3 is 10.1 Å². The van der Waals surface area contributed by atoms with Crippen molar-refractivity contribution < 1.29 is 9.53 Å². The Balaban J connectivity index is 1.30. The van der Waals surface area contributed by atoms with Crippen LogP contribution in [0.4, 0.5) is 0 Å². The highest BCUT2D eigenvalue weighted by Gasteiger charge is 2.18. The molecule has 0 saturated carbocycles. The number of hydrogen-bond acceptors (Lipinski definition) is 5. The monoisotopic (exact) mass is 422 g/mol. The quantitative estimate of drug-likeness (QED) is 0.576. The van der Waals surface area contributed by atoms with Crippen LogP contribution in [0.3, 0.4) is 0 Å². The Hall–Kier alpha value is -2.44. The molecule has 0 radical (unpaired) electrons. The first kappa shape index (κ1) is 19.9. The van der Waals surface area contributed by atoms with Crippen molar-refractivity contribution in [3.8, 4) is 5.88 Å². The highest BCUT2D eigenvalue weighted by atomic mass is 32.2. The van der Waals surface area contributed by atoms with Crippen LogP contribution in [0.1, 0.15) is 31.6 Å². The summed E-state index contributed by atoms with van der Waals surface area (Å²) in [6.07, 6.45) is 1.70. The number of thioether (sulfide) groups is 2. The van der Waals surface area contributed by atoms with Gasteiger partial charge >= 0.3 is 0 Å². The third-order valence-corrected chi connectivity index (χ3v) is 7.65. The third-order valence-electron chi connectivity index (χ3n) is 4.55. The largest absolute Gasteiger partial charge is 0.473 e. The van der Waals surface area contributed by atoms with E-state index in [0.29, 0.717) is 29.2 Å². The Morgan fingerprint density at radius 2 is 1.76 bits per heavy atom. The number of carbonyl (C=O) groups excluding carboxylic acids is 1. The minimum atomic E-state index is -0.0770. The van der Waals surface area contributed by atoms with E-state index in [1.807, 2.05) is 78.1 Å². The van der Waals surface area contributed by atoms with E-state index in [2.05, 4.69) is 22.4 Å². The first-order valence-electron chi connectivity index (χ1n) is 9.51. The molecular formula is C23H22N2O2S2. The molecule has 148 valence electrons. The van der Waals surface area contributed by atoms with Gasteiger partial charge in [-0.3, -0.25) is 4.79 Å². The summed E-state index contributed by atoms with van der Waals surface area (Å²) in [5, 5.41) is 2.97. The molecule has 4 nitrogen and oxygen atoms in total. The fourth-order valence-corrected chi connectivity index (χ4v) is 5.86. The van der Waals surface area contributed by atoms with Crippen LogP contribution in [0.2, 0.25) is 0 Å². The van der Waals surface area contributed by atoms with Crippen molar-refractivity contribution in [3.05, 3.63) is 95.2 Å². The lowest BCUT2D eigenvalue weighted by Gasteiger charge is -2.10. The zero-order valence-corrected chi connectivity index (χ0v) is 17.5. The number of rotatable bonds is 7. The van der Waals surface area contributed by atoms with Crippen LogP contribution < -0.4 is 10.1 Å². The van der Waals surface area contributed by atoms with Gasteiger partial charge in [-0.2, -0.15) is 0 Å². The highest BCUT2D eigenvalue weighted by Crippen LogP contribution is 2.45. The molecule has 2 heterocycles. The molecule has 0 bridgehead atoms. The average Bonchev–Trinajstić information content (AvgIpc) is 3.32. The minimum absolute atomic E-state index is 0.0770. The molecule has 0 atom stereocenters. The normalized spacial score (nSPS) is 13.9. The zero-order valence-electron chi connectivity index (χ0n) is 15.9. The van der Waals surface area contributed by atoms with Crippen molar-refractivity contribution in [1.82, 2.24) is 10.3 Å². The van der Waals surface area contributed by atoms with Crippen LogP contribution in [-0.4, -0.2) is 22.4 Å². The van der Waals surface area contributed by atoms with Crippen LogP contribution in [-0.2, 0) is 13.2 Å². The van der Waals surface area contributed by atoms with Gasteiger partial charge in [0.2, 0.25) is 5.88 Å². The Labute approximate surface area is 179 Å². The molecule has 1 amide bonds. The predicted molar refractivity (Wildman–Crippen MR) is 120 cm³/mol. The highest BCUT2D eigenvalue weighted by molar-refractivity contribution is 8.19. The summed E-state index contributed by atoms with van der Waals surface area (Å²) in [4.78, 5) is 16.7. The zero-order chi connectivity index (χ0) is 19.9. The van der Waals surface area contributed by atoms with E-state index in [-0.39, 0.29) is 5.91 Å². The van der Waals surface area contributed by atoms with Crippen molar-refractivity contribution in [2.24, 2.45) is 0 Å². The summed E-state index contributed by atoms with van der Waals surface area (Å²) in [7, 11) is 0. The van der Waals surface area contributed by atoms with E-state index in [0.717, 1.165) is 11.1 Å². The first-order chi connectivity index (χ1) is 14.3. The number of nitrogens with zero attached hydrogens (tertiary/aromatic N) is 1. The smallest absolute Gasteiger partial charge is 0.251 e. The maximum Gasteiger partial charge on any atom is 0.251 e. The van der Waals surface area contributed by atoms with E-state index in [1.54, 1.807) is 6.20 Å². The molecule has 1 aliphatic heterocycles. The summed E-state index contributed by atoms with van der Waals surface area (Å²) in [5.41, 5.74) is 4.00. The van der Waals surface area contributed by atoms with Gasteiger partial charge in [0.25, 0.3) is 5.91 Å². The molecule has 0 aliphatic carbocycles. The van der Waals surface area contributed by atoms with E-state index >= 15 is 0 Å². The van der Waals surface area contributed by atoms with Crippen molar-refractivity contribution in [2.75, 3.05) is 11.5 Å². The van der Waals surface area contributed by atoms with Crippen LogP contribution in [0.25, 0.3) is 0 Å². The number of carbonyl (C=O) groups is 1. The second-order valence-corrected chi connectivity index (χ2v) is 9.38. The van der Waals surface area contributed by atoms with Gasteiger partial charge in [0.1, 0.15) is 6.61 Å². The molecule has 1 fully saturated rings. The van der Waals surface area contributed by atoms with Gasteiger partial charge in [-0.05, 0) is 34.9 Å². The van der Waals surface area contributed by atoms with Gasteiger partial charge in [-0.1, -0.05) is 42.5 Å². The number of aromatic nitrogens is 1. The van der Waals surface area contributed by atoms with Gasteiger partial charge in [0.05, 0.1) is 4.58 Å². The van der Waals surface area contributed by atoms with Gasteiger partial charge in [0, 0.05) is 35.9 Å². The summed E-state index contributed by atoms with van der Waals surface area (Å²) in [6.45, 7) is 0.896. The molecule has 6 heteroatoms. The number of nitrogens with one attached hydrogen (secondary N) is 1. The minimum Gasteiger partial charge on any atom is -0.473 e. The first-order valence-corrected chi connectivity index (χ1v) is 11.6. The van der Waals surface area contributed by atoms with Crippen molar-refractivity contribution in [1.29, 1.82) is 0 Å². The van der Waals surface area contributed by atoms with Gasteiger partial charge in [0.15, 0.2) is 0 Å². The molecule has 1 N–H and O–H groups in total. The van der Waals surface area contributed by atoms with E-state index in [9.17, 15) is 4.79 Å². The molecule has 2 aromatic carbocycles. The molecule has 3 aromatic rings. The maximum absolute atomic E-state index is 12.5. The number of pyridine rings is 1. The third kappa shape index (κ3) is 5.55. The number of hydrogen-bond donors (Lipinski definition) is 1. The molecule has 0 unspecified atom stereocenters. The van der Waals surface area contributed by atoms with Crippen LogP contribution >= 0.6 is 23.5 Å². The number of benzene rings is 2. The number of amides is 1. The fraction of sp³-hybridized carbons (Fsp3) is 0.217. The number of ether oxygens (including phenoxy) is 1. The van der Waals surface area contributed by atoms with Crippen molar-refractivity contribution in [3.63, 3.8) is 0 Å². The van der Waals surface area contributed by atoms with E-state index in [1.165, 1.54) is 17.1 Å². The Morgan fingerprint density at radius 3 is 2.52 bits per heavy atom. The van der Waals surface area contributed by atoms with Crippen molar-refractivity contribution >= 4 is 29.4 Å². The van der Waals surface area contributed by atoms with Crippen LogP contribution in [0.5, 0.6) is 5.88 Å². The standard InChI is InChI=1S/C23H22N2O2S2/c26-22(19-6-8-20(9-7-19)23-28-12-13-29-23)25-15-18-10-11-24-21(14-18)27-16-17-4-2-1-3-5-17/h1-11,14,23H,12-13,15-16H2,(H,25,26). The lowest BCUT2D eigenvalue weighted by atomic mass is 10.1. The maximum atomic E-state index is 12.5. The average molecular weight is 423 g/mol. The summed E-state index contributed by atoms with van der Waals surface area (Å²) in [5.74, 6) is 2.87. The van der Waals surface area contributed by atoms with Crippen LogP contribution in [0, 0.1) is 0 Å². The van der Waals surface area contributed by atoms with E-state index < -0.39 is 0 Å². The molecule has 1 aliphatic rings. The second kappa shape index (κ2) is 9.85. The molecule has 0 spiro atoms. The molecule has 1 aromatic heterocycles. The molecule has 4 rings (SSSR count). The lowest BCUT2D eigenvalue weighted by molar-refractivity contribution is 0.0951. The Kier molecular flexibility index (Phi) is 6.75. The molecule has 29 heavy (non-hydrogen) atoms. The van der Waals surface area contributed by atoms with E-state index in [4.69, 9.17) is 4.74 Å². The fourth-order valence-electron chi connectivity index (χ4n) is 3.00. The topological polar surface area (TPSA) is 51.2 Å². The second-order valence-electron chi connectivity index (χ2n) is 6.65. The summed E-state index contributed by atoms with van der Waals surface area (Å²) >= 11 is 3.93. The summed E-state index contributed by atoms with van der Waals surface area (Å²) < 4.78 is 6.26. The lowest BCUT2D eigenvalue weighted by Crippen LogP contribution is -2.22. The Bertz CT molecular complexity index is 943. The van der Waals surface area contributed by atoms with Gasteiger partial charge in [-0.15, -0.1) is 23.5 Å². The molecule has 1 saturated heterocycles. The summed E-state index contributed by atoms with van der Waals surface area (Å²) in [6, 6.07) is 21.7. The van der Waals surface area contributed by atoms with Gasteiger partial charge in [-0.25, -0.2) is 4.98 Å². The predicted octanol–water partition coefficient (Wildman–Crippen LogP) is 5.07. The van der Waals surface area contributed by atoms with Crippen molar-refractivity contribution in [2.45, 2.75) is 17.7 Å².